The van der Waals surface area contributed by atoms with Gasteiger partial charge in [-0.05, 0) is 54.8 Å². The quantitative estimate of drug-likeness (QED) is 0.800. The fourth-order valence-electron chi connectivity index (χ4n) is 3.38. The number of nitrogens with one attached hydrogen (secondary N) is 1. The van der Waals surface area contributed by atoms with Gasteiger partial charge in [-0.2, -0.15) is 0 Å². The number of amides is 1. The summed E-state index contributed by atoms with van der Waals surface area (Å²) in [7, 11) is -3.61. The normalized spacial score (nSPS) is 16.4. The van der Waals surface area contributed by atoms with E-state index in [2.05, 4.69) is 4.72 Å². The topological polar surface area (TPSA) is 84.9 Å². The number of hydrogen-bond acceptors (Lipinski definition) is 5. The Morgan fingerprint density at radius 3 is 2.46 bits per heavy atom. The van der Waals surface area contributed by atoms with Crippen molar-refractivity contribution >= 4 is 21.6 Å². The highest BCUT2D eigenvalue weighted by Gasteiger charge is 2.22. The van der Waals surface area contributed by atoms with E-state index in [0.29, 0.717) is 44.1 Å². The first-order valence-corrected chi connectivity index (χ1v) is 10.8. The molecular formula is C20H22N2O5S. The lowest BCUT2D eigenvalue weighted by molar-refractivity contribution is -0.117. The van der Waals surface area contributed by atoms with Gasteiger partial charge in [-0.15, -0.1) is 0 Å². The molecule has 1 N–H and O–H groups in total. The van der Waals surface area contributed by atoms with E-state index in [0.717, 1.165) is 17.7 Å². The SMILES string of the molecule is O=C1CCCN1c1ccc(S(=O)(=O)NCCc2ccc3c(c2)OCCO3)cc1. The highest BCUT2D eigenvalue weighted by molar-refractivity contribution is 7.89. The summed E-state index contributed by atoms with van der Waals surface area (Å²) in [5, 5.41) is 0. The van der Waals surface area contributed by atoms with Gasteiger partial charge in [-0.25, -0.2) is 13.1 Å². The maximum Gasteiger partial charge on any atom is 0.240 e. The van der Waals surface area contributed by atoms with Crippen LogP contribution in [0.4, 0.5) is 5.69 Å². The minimum Gasteiger partial charge on any atom is -0.486 e. The molecule has 7 nitrogen and oxygen atoms in total. The molecule has 0 unspecified atom stereocenters. The predicted octanol–water partition coefficient (Wildman–Crippen LogP) is 2.11. The molecule has 0 saturated carbocycles. The van der Waals surface area contributed by atoms with Crippen molar-refractivity contribution in [2.24, 2.45) is 0 Å². The number of anilines is 1. The van der Waals surface area contributed by atoms with Gasteiger partial charge in [0.1, 0.15) is 13.2 Å². The van der Waals surface area contributed by atoms with Gasteiger partial charge < -0.3 is 14.4 Å². The van der Waals surface area contributed by atoms with E-state index in [1.54, 1.807) is 17.0 Å². The maximum atomic E-state index is 12.5. The molecule has 2 aliphatic rings. The lowest BCUT2D eigenvalue weighted by atomic mass is 10.1. The standard InChI is InChI=1S/C20H22N2O5S/c23-20-2-1-11-22(20)16-4-6-17(7-5-16)28(24,25)21-10-9-15-3-8-18-19(14-15)27-13-12-26-18/h3-8,14,21H,1-2,9-13H2. The lowest BCUT2D eigenvalue weighted by Gasteiger charge is -2.19. The summed E-state index contributed by atoms with van der Waals surface area (Å²) in [5.41, 5.74) is 1.70. The first kappa shape index (κ1) is 18.8. The second-order valence-corrected chi connectivity index (χ2v) is 8.54. The Morgan fingerprint density at radius 1 is 1.00 bits per heavy atom. The van der Waals surface area contributed by atoms with Crippen LogP contribution in [0.2, 0.25) is 0 Å². The number of sulfonamides is 1. The molecule has 4 rings (SSSR count). The lowest BCUT2D eigenvalue weighted by Crippen LogP contribution is -2.26. The number of ether oxygens (including phenoxy) is 2. The molecule has 1 fully saturated rings. The zero-order valence-corrected chi connectivity index (χ0v) is 16.2. The van der Waals surface area contributed by atoms with Crippen LogP contribution in [0.3, 0.4) is 0 Å². The average molecular weight is 402 g/mol. The summed E-state index contributed by atoms with van der Waals surface area (Å²) in [5.74, 6) is 1.49. The number of fused-ring (bicyclic) bond motifs is 1. The highest BCUT2D eigenvalue weighted by atomic mass is 32.2. The van der Waals surface area contributed by atoms with E-state index in [4.69, 9.17) is 9.47 Å². The second kappa shape index (κ2) is 7.81. The van der Waals surface area contributed by atoms with E-state index >= 15 is 0 Å². The minimum absolute atomic E-state index is 0.0770. The Labute approximate surface area is 164 Å². The molecule has 2 aliphatic heterocycles. The van der Waals surface area contributed by atoms with Crippen LogP contribution in [0, 0.1) is 0 Å². The van der Waals surface area contributed by atoms with E-state index in [1.165, 1.54) is 12.1 Å². The molecule has 0 bridgehead atoms. The average Bonchev–Trinajstić information content (AvgIpc) is 3.14. The molecule has 0 radical (unpaired) electrons. The van der Waals surface area contributed by atoms with Crippen LogP contribution in [0.1, 0.15) is 18.4 Å². The Hall–Kier alpha value is -2.58. The molecule has 0 atom stereocenters. The van der Waals surface area contributed by atoms with Gasteiger partial charge in [0, 0.05) is 25.2 Å². The van der Waals surface area contributed by atoms with Crippen LogP contribution in [0.15, 0.2) is 47.4 Å². The van der Waals surface area contributed by atoms with Crippen molar-refractivity contribution in [1.29, 1.82) is 0 Å². The summed E-state index contributed by atoms with van der Waals surface area (Å²) < 4.78 is 38.7. The Bertz CT molecular complexity index is 973. The smallest absolute Gasteiger partial charge is 0.240 e. The number of nitrogens with zero attached hydrogens (tertiary/aromatic N) is 1. The largest absolute Gasteiger partial charge is 0.486 e. The maximum absolute atomic E-state index is 12.5. The van der Waals surface area contributed by atoms with Crippen LogP contribution in [-0.4, -0.2) is 40.6 Å². The summed E-state index contributed by atoms with van der Waals surface area (Å²) in [4.78, 5) is 13.7. The van der Waals surface area contributed by atoms with Gasteiger partial charge in [0.05, 0.1) is 4.90 Å². The zero-order valence-electron chi connectivity index (χ0n) is 15.4. The van der Waals surface area contributed by atoms with Crippen molar-refractivity contribution in [3.8, 4) is 11.5 Å². The first-order valence-electron chi connectivity index (χ1n) is 9.31. The molecule has 2 aromatic carbocycles. The van der Waals surface area contributed by atoms with Crippen LogP contribution in [0.5, 0.6) is 11.5 Å². The monoisotopic (exact) mass is 402 g/mol. The summed E-state index contributed by atoms with van der Waals surface area (Å²) in [6, 6.07) is 12.1. The predicted molar refractivity (Wildman–Crippen MR) is 104 cm³/mol. The number of hydrogen-bond donors (Lipinski definition) is 1. The molecule has 2 heterocycles. The molecule has 148 valence electrons. The fraction of sp³-hybridized carbons (Fsp3) is 0.350. The molecule has 1 saturated heterocycles. The molecule has 1 amide bonds. The Balaban J connectivity index is 1.37. The van der Waals surface area contributed by atoms with E-state index < -0.39 is 10.0 Å². The fourth-order valence-corrected chi connectivity index (χ4v) is 4.41. The van der Waals surface area contributed by atoms with Crippen LogP contribution in [0.25, 0.3) is 0 Å². The van der Waals surface area contributed by atoms with E-state index in [1.807, 2.05) is 18.2 Å². The molecule has 8 heteroatoms. The summed E-state index contributed by atoms with van der Waals surface area (Å²) >= 11 is 0. The van der Waals surface area contributed by atoms with Gasteiger partial charge in [0.2, 0.25) is 15.9 Å². The van der Waals surface area contributed by atoms with Gasteiger partial charge in [-0.1, -0.05) is 6.07 Å². The molecule has 0 aromatic heterocycles. The summed E-state index contributed by atoms with van der Waals surface area (Å²) in [6.07, 6.45) is 1.91. The van der Waals surface area contributed by atoms with Crippen LogP contribution >= 0.6 is 0 Å². The minimum atomic E-state index is -3.61. The molecule has 2 aromatic rings. The number of carbonyl (C=O) groups is 1. The highest BCUT2D eigenvalue weighted by Crippen LogP contribution is 2.30. The van der Waals surface area contributed by atoms with Gasteiger partial charge in [-0.3, -0.25) is 4.79 Å². The third kappa shape index (κ3) is 3.98. The van der Waals surface area contributed by atoms with Crippen molar-refractivity contribution in [3.05, 3.63) is 48.0 Å². The number of carbonyl (C=O) groups excluding carboxylic acids is 1. The van der Waals surface area contributed by atoms with Crippen molar-refractivity contribution in [2.45, 2.75) is 24.2 Å². The van der Waals surface area contributed by atoms with Crippen molar-refractivity contribution in [1.82, 2.24) is 4.72 Å². The Kier molecular flexibility index (Phi) is 5.23. The van der Waals surface area contributed by atoms with Gasteiger partial charge >= 0.3 is 0 Å². The van der Waals surface area contributed by atoms with Crippen molar-refractivity contribution < 1.29 is 22.7 Å². The Morgan fingerprint density at radius 2 is 1.75 bits per heavy atom. The van der Waals surface area contributed by atoms with Crippen molar-refractivity contribution in [3.63, 3.8) is 0 Å². The zero-order chi connectivity index (χ0) is 19.6. The van der Waals surface area contributed by atoms with Crippen LogP contribution in [-0.2, 0) is 21.2 Å². The summed E-state index contributed by atoms with van der Waals surface area (Å²) in [6.45, 7) is 2.01. The van der Waals surface area contributed by atoms with E-state index in [-0.39, 0.29) is 17.3 Å². The molecule has 28 heavy (non-hydrogen) atoms. The van der Waals surface area contributed by atoms with Crippen LogP contribution < -0.4 is 19.1 Å². The van der Waals surface area contributed by atoms with Gasteiger partial charge in [0.15, 0.2) is 11.5 Å². The third-order valence-corrected chi connectivity index (χ3v) is 6.32. The second-order valence-electron chi connectivity index (χ2n) is 6.77. The molecular weight excluding hydrogens is 380 g/mol. The molecule has 0 spiro atoms. The van der Waals surface area contributed by atoms with Gasteiger partial charge in [0.25, 0.3) is 0 Å². The number of benzene rings is 2. The third-order valence-electron chi connectivity index (χ3n) is 4.84. The first-order chi connectivity index (χ1) is 13.5. The molecule has 0 aliphatic carbocycles. The van der Waals surface area contributed by atoms with Crippen molar-refractivity contribution in [2.75, 3.05) is 31.2 Å². The number of rotatable bonds is 6. The van der Waals surface area contributed by atoms with E-state index in [9.17, 15) is 13.2 Å².